The zero-order valence-corrected chi connectivity index (χ0v) is 59.1. The van der Waals surface area contributed by atoms with E-state index in [0.29, 0.717) is 6.42 Å². The molecule has 0 aromatic heterocycles. The Balaban J connectivity index is 2.08. The fourth-order valence-electron chi connectivity index (χ4n) is 12.5. The van der Waals surface area contributed by atoms with E-state index in [2.05, 4.69) is 79.9 Å². The second kappa shape index (κ2) is 69.5. The molecule has 0 aromatic carbocycles. The third-order valence-corrected chi connectivity index (χ3v) is 18.5. The maximum absolute atomic E-state index is 13.2. The summed E-state index contributed by atoms with van der Waals surface area (Å²) >= 11 is 0. The second-order valence-corrected chi connectivity index (χ2v) is 27.1. The largest absolute Gasteiger partial charge is 0.394 e. The van der Waals surface area contributed by atoms with E-state index in [-0.39, 0.29) is 12.5 Å². The first-order chi connectivity index (χ1) is 44.3. The van der Waals surface area contributed by atoms with Gasteiger partial charge in [-0.25, -0.2) is 0 Å². The molecule has 7 atom stereocenters. The maximum Gasteiger partial charge on any atom is 0.220 e. The summed E-state index contributed by atoms with van der Waals surface area (Å²) in [5, 5.41) is 54.9. The quantitative estimate of drug-likeness (QED) is 0.0261. The van der Waals surface area contributed by atoms with Gasteiger partial charge in [-0.1, -0.05) is 382 Å². The summed E-state index contributed by atoms with van der Waals surface area (Å²) in [6, 6.07) is -0.809. The molecule has 0 aliphatic carbocycles. The highest BCUT2D eigenvalue weighted by Gasteiger charge is 2.44. The zero-order valence-electron chi connectivity index (χ0n) is 59.1. The summed E-state index contributed by atoms with van der Waals surface area (Å²) in [6.07, 6.45) is 91.8. The highest BCUT2D eigenvalue weighted by atomic mass is 16.7. The van der Waals surface area contributed by atoms with Gasteiger partial charge in [0.25, 0.3) is 0 Å². The number of ether oxygens (including phenoxy) is 2. The molecule has 1 aliphatic heterocycles. The van der Waals surface area contributed by atoms with Crippen molar-refractivity contribution in [2.75, 3.05) is 13.2 Å². The molecule has 7 unspecified atom stereocenters. The molecule has 0 radical (unpaired) electrons. The number of hydrogen-bond acceptors (Lipinski definition) is 8. The number of carbonyl (C=O) groups excluding carboxylic acids is 1. The average Bonchev–Trinajstić information content (AvgIpc) is 1.28. The smallest absolute Gasteiger partial charge is 0.220 e. The molecule has 1 rings (SSSR count). The molecule has 526 valence electrons. The van der Waals surface area contributed by atoms with Gasteiger partial charge >= 0.3 is 0 Å². The van der Waals surface area contributed by atoms with Crippen molar-refractivity contribution in [3.05, 3.63) is 72.9 Å². The normalized spacial score (nSPS) is 18.1. The molecular weight excluding hydrogens is 1110 g/mol. The van der Waals surface area contributed by atoms with Gasteiger partial charge in [0.2, 0.25) is 5.91 Å². The SMILES string of the molecule is CC/C=C\C/C=C\C/C=C\C/C=C\C/C=C\CCCCCCCCCCCCCCCCCCCCCC(=O)NC(COC1OC(CO)C(O)C(O)C1O)C(O)/C=C/CCCCCCCCCCCCCCCCCCCCCCCCCCCCCCCC. The molecule has 1 saturated heterocycles. The van der Waals surface area contributed by atoms with E-state index in [0.717, 1.165) is 70.6 Å². The van der Waals surface area contributed by atoms with Crippen LogP contribution in [-0.2, 0) is 14.3 Å². The lowest BCUT2D eigenvalue weighted by atomic mass is 9.99. The molecule has 1 fully saturated rings. The summed E-state index contributed by atoms with van der Waals surface area (Å²) in [5.74, 6) is -0.171. The van der Waals surface area contributed by atoms with Crippen LogP contribution < -0.4 is 5.32 Å². The number of carbonyl (C=O) groups is 1. The second-order valence-electron chi connectivity index (χ2n) is 27.1. The van der Waals surface area contributed by atoms with Gasteiger partial charge in [-0.2, -0.15) is 0 Å². The van der Waals surface area contributed by atoms with Gasteiger partial charge in [-0.15, -0.1) is 0 Å². The Hall–Kier alpha value is -2.37. The van der Waals surface area contributed by atoms with E-state index in [4.69, 9.17) is 9.47 Å². The number of unbranched alkanes of at least 4 members (excludes halogenated alkanes) is 49. The Kier molecular flexibility index (Phi) is 66.1. The van der Waals surface area contributed by atoms with E-state index in [1.165, 1.54) is 289 Å². The molecule has 0 aromatic rings. The first-order valence-electron chi connectivity index (χ1n) is 39.2. The topological polar surface area (TPSA) is 149 Å². The van der Waals surface area contributed by atoms with Crippen molar-refractivity contribution in [1.82, 2.24) is 5.32 Å². The number of aliphatic hydroxyl groups excluding tert-OH is 5. The van der Waals surface area contributed by atoms with Crippen molar-refractivity contribution < 1.29 is 39.8 Å². The summed E-state index contributed by atoms with van der Waals surface area (Å²) in [4.78, 5) is 13.2. The highest BCUT2D eigenvalue weighted by Crippen LogP contribution is 2.24. The molecule has 1 aliphatic rings. The van der Waals surface area contributed by atoms with Gasteiger partial charge in [-0.3, -0.25) is 4.79 Å². The van der Waals surface area contributed by atoms with Crippen molar-refractivity contribution in [2.45, 2.75) is 423 Å². The molecule has 0 spiro atoms. The van der Waals surface area contributed by atoms with Gasteiger partial charge < -0.3 is 40.3 Å². The molecule has 9 nitrogen and oxygen atoms in total. The molecule has 1 amide bonds. The van der Waals surface area contributed by atoms with E-state index in [9.17, 15) is 30.3 Å². The van der Waals surface area contributed by atoms with Crippen molar-refractivity contribution in [2.24, 2.45) is 0 Å². The van der Waals surface area contributed by atoms with Crippen LogP contribution in [0.25, 0.3) is 0 Å². The minimum atomic E-state index is -1.57. The molecule has 9 heteroatoms. The Bertz CT molecular complexity index is 1660. The van der Waals surface area contributed by atoms with Crippen LogP contribution in [0.2, 0.25) is 0 Å². The number of aliphatic hydroxyl groups is 5. The zero-order chi connectivity index (χ0) is 64.9. The van der Waals surface area contributed by atoms with E-state index >= 15 is 0 Å². The summed E-state index contributed by atoms with van der Waals surface area (Å²) in [7, 11) is 0. The predicted molar refractivity (Wildman–Crippen MR) is 387 cm³/mol. The summed E-state index contributed by atoms with van der Waals surface area (Å²) in [6.45, 7) is 3.72. The standard InChI is InChI=1S/C81H149NO8/c1-3-5-7-9-11-13-15-17-19-21-23-25-27-29-31-33-35-37-38-39-41-43-45-47-49-51-53-55-57-59-61-63-65-67-69-71-77(85)82-74(73-89-81-80(88)79(87)78(86)76(72-83)90-81)75(84)70-68-66-64-62-60-58-56-54-52-50-48-46-44-42-40-36-34-32-30-28-26-24-22-20-18-16-14-12-10-8-6-4-2/h5,7,11,13,17,19,23,25,29,31,68,70,74-76,78-81,83-84,86-88H,3-4,6,8-10,12,14-16,18,20-22,24,26-28,30,32-67,69,71-73H2,1-2H3,(H,82,85)/b7-5-,13-11-,19-17-,25-23-,31-29-,70-68+. The average molecular weight is 1270 g/mol. The van der Waals surface area contributed by atoms with Gasteiger partial charge in [-0.05, 0) is 64.2 Å². The lowest BCUT2D eigenvalue weighted by Gasteiger charge is -2.40. The minimum absolute atomic E-state index is 0.171. The summed E-state index contributed by atoms with van der Waals surface area (Å²) < 4.78 is 11.3. The first kappa shape index (κ1) is 85.6. The van der Waals surface area contributed by atoms with Crippen LogP contribution in [0.5, 0.6) is 0 Å². The molecule has 0 bridgehead atoms. The Labute approximate surface area is 557 Å². The van der Waals surface area contributed by atoms with E-state index in [1.54, 1.807) is 6.08 Å². The Morgan fingerprint density at radius 1 is 0.389 bits per heavy atom. The van der Waals surface area contributed by atoms with E-state index < -0.39 is 49.5 Å². The fraction of sp³-hybridized carbons (Fsp3) is 0.840. The van der Waals surface area contributed by atoms with Crippen LogP contribution >= 0.6 is 0 Å². The lowest BCUT2D eigenvalue weighted by Crippen LogP contribution is -2.60. The first-order valence-corrected chi connectivity index (χ1v) is 39.2. The molecular formula is C81H149NO8. The third-order valence-electron chi connectivity index (χ3n) is 18.5. The van der Waals surface area contributed by atoms with Gasteiger partial charge in [0, 0.05) is 6.42 Å². The van der Waals surface area contributed by atoms with Gasteiger partial charge in [0.05, 0.1) is 25.4 Å². The molecule has 6 N–H and O–H groups in total. The third kappa shape index (κ3) is 57.1. The monoisotopic (exact) mass is 1260 g/mol. The van der Waals surface area contributed by atoms with Crippen molar-refractivity contribution in [3.63, 3.8) is 0 Å². The maximum atomic E-state index is 13.2. The number of allylic oxidation sites excluding steroid dienone is 11. The number of amides is 1. The van der Waals surface area contributed by atoms with Crippen LogP contribution in [0, 0.1) is 0 Å². The Morgan fingerprint density at radius 3 is 1.02 bits per heavy atom. The minimum Gasteiger partial charge on any atom is -0.394 e. The highest BCUT2D eigenvalue weighted by molar-refractivity contribution is 5.76. The predicted octanol–water partition coefficient (Wildman–Crippen LogP) is 22.3. The number of rotatable bonds is 69. The van der Waals surface area contributed by atoms with E-state index in [1.807, 2.05) is 6.08 Å². The fourth-order valence-corrected chi connectivity index (χ4v) is 12.5. The van der Waals surface area contributed by atoms with Crippen molar-refractivity contribution in [3.8, 4) is 0 Å². The van der Waals surface area contributed by atoms with Gasteiger partial charge in [0.1, 0.15) is 24.4 Å². The molecule has 0 saturated carbocycles. The van der Waals surface area contributed by atoms with Crippen molar-refractivity contribution in [1.29, 1.82) is 0 Å². The van der Waals surface area contributed by atoms with Crippen molar-refractivity contribution >= 4 is 5.91 Å². The van der Waals surface area contributed by atoms with Crippen LogP contribution in [0.1, 0.15) is 380 Å². The van der Waals surface area contributed by atoms with Crippen LogP contribution in [0.3, 0.4) is 0 Å². The van der Waals surface area contributed by atoms with Crippen LogP contribution in [0.4, 0.5) is 0 Å². The number of hydrogen-bond donors (Lipinski definition) is 6. The lowest BCUT2D eigenvalue weighted by molar-refractivity contribution is -0.302. The molecule has 90 heavy (non-hydrogen) atoms. The van der Waals surface area contributed by atoms with Gasteiger partial charge in [0.15, 0.2) is 6.29 Å². The summed E-state index contributed by atoms with van der Waals surface area (Å²) in [5.41, 5.74) is 0. The Morgan fingerprint density at radius 2 is 0.689 bits per heavy atom. The molecule has 1 heterocycles. The number of nitrogens with one attached hydrogen (secondary N) is 1. The van der Waals surface area contributed by atoms with Crippen LogP contribution in [-0.4, -0.2) is 87.5 Å². The van der Waals surface area contributed by atoms with Crippen LogP contribution in [0.15, 0.2) is 72.9 Å².